The first-order chi connectivity index (χ1) is 14.4. The average Bonchev–Trinajstić information content (AvgIpc) is 3.43. The molecule has 2 aliphatic rings. The Morgan fingerprint density at radius 1 is 1.37 bits per heavy atom. The van der Waals surface area contributed by atoms with Crippen molar-refractivity contribution in [1.29, 1.82) is 0 Å². The van der Waals surface area contributed by atoms with Gasteiger partial charge in [-0.1, -0.05) is 6.07 Å². The number of aromatic nitrogens is 3. The van der Waals surface area contributed by atoms with Crippen molar-refractivity contribution < 1.29 is 13.2 Å². The molecule has 158 valence electrons. The molecule has 10 heteroatoms. The topological polar surface area (TPSA) is 96.7 Å². The number of rotatable bonds is 6. The van der Waals surface area contributed by atoms with E-state index in [1.54, 1.807) is 17.5 Å². The van der Waals surface area contributed by atoms with Crippen LogP contribution < -0.4 is 4.72 Å². The third-order valence-electron chi connectivity index (χ3n) is 5.94. The van der Waals surface area contributed by atoms with Gasteiger partial charge < -0.3 is 4.90 Å². The van der Waals surface area contributed by atoms with Crippen molar-refractivity contribution in [2.75, 3.05) is 6.54 Å². The van der Waals surface area contributed by atoms with Crippen LogP contribution in [0, 0.1) is 6.92 Å². The van der Waals surface area contributed by atoms with Gasteiger partial charge in [-0.2, -0.15) is 5.10 Å². The van der Waals surface area contributed by atoms with Gasteiger partial charge in [0.05, 0.1) is 17.4 Å². The minimum Gasteiger partial charge on any atom is -0.332 e. The Morgan fingerprint density at radius 2 is 2.23 bits per heavy atom. The Kier molecular flexibility index (Phi) is 4.87. The largest absolute Gasteiger partial charge is 0.332 e. The molecule has 3 aromatic rings. The molecule has 2 bridgehead atoms. The molecule has 30 heavy (non-hydrogen) atoms. The minimum atomic E-state index is -3.48. The van der Waals surface area contributed by atoms with Gasteiger partial charge in [-0.3, -0.25) is 4.79 Å². The maximum atomic E-state index is 13.0. The lowest BCUT2D eigenvalue weighted by molar-refractivity contribution is -0.134. The zero-order chi connectivity index (χ0) is 20.9. The van der Waals surface area contributed by atoms with Crippen LogP contribution in [0.25, 0.3) is 5.65 Å². The summed E-state index contributed by atoms with van der Waals surface area (Å²) >= 11 is 1.18. The number of hydrogen-bond acceptors (Lipinski definition) is 6. The molecule has 0 aromatic carbocycles. The van der Waals surface area contributed by atoms with Gasteiger partial charge in [0, 0.05) is 43.3 Å². The number of aryl methyl sites for hydroxylation is 1. The Morgan fingerprint density at radius 3 is 3.03 bits per heavy atom. The molecule has 0 spiro atoms. The molecule has 5 rings (SSSR count). The summed E-state index contributed by atoms with van der Waals surface area (Å²) in [5, 5.41) is 6.32. The number of hydrogen-bond donors (Lipinski definition) is 1. The van der Waals surface area contributed by atoms with Crippen molar-refractivity contribution >= 4 is 32.9 Å². The van der Waals surface area contributed by atoms with Crippen LogP contribution in [-0.2, 0) is 21.2 Å². The lowest BCUT2D eigenvalue weighted by Crippen LogP contribution is -2.42. The summed E-state index contributed by atoms with van der Waals surface area (Å²) in [5.74, 6) is 0.0835. The zero-order valence-electron chi connectivity index (χ0n) is 16.6. The van der Waals surface area contributed by atoms with Gasteiger partial charge in [-0.25, -0.2) is 22.6 Å². The average molecular weight is 446 g/mol. The third-order valence-corrected chi connectivity index (χ3v) is 8.79. The van der Waals surface area contributed by atoms with Crippen molar-refractivity contribution in [3.8, 4) is 0 Å². The van der Waals surface area contributed by atoms with Gasteiger partial charge in [-0.15, -0.1) is 11.3 Å². The molecule has 1 saturated heterocycles. The quantitative estimate of drug-likeness (QED) is 0.588. The van der Waals surface area contributed by atoms with E-state index in [2.05, 4.69) is 14.8 Å². The van der Waals surface area contributed by atoms with E-state index in [1.165, 1.54) is 11.3 Å². The Balaban J connectivity index is 1.26. The molecule has 1 fully saturated rings. The van der Waals surface area contributed by atoms with Crippen molar-refractivity contribution in [3.05, 3.63) is 46.7 Å². The summed E-state index contributed by atoms with van der Waals surface area (Å²) < 4.78 is 29.2. The number of nitrogens with zero attached hydrogens (tertiary/aromatic N) is 4. The van der Waals surface area contributed by atoms with Crippen LogP contribution in [0.15, 0.2) is 34.0 Å². The van der Waals surface area contributed by atoms with Crippen molar-refractivity contribution in [2.45, 2.75) is 55.3 Å². The predicted octanol–water partition coefficient (Wildman–Crippen LogP) is 2.45. The zero-order valence-corrected chi connectivity index (χ0v) is 18.2. The molecule has 0 radical (unpaired) electrons. The highest BCUT2D eigenvalue weighted by atomic mass is 32.2. The molecule has 1 amide bonds. The molecule has 0 aliphatic carbocycles. The number of nitrogens with one attached hydrogen (secondary N) is 1. The fraction of sp³-hybridized carbons (Fsp3) is 0.450. The van der Waals surface area contributed by atoms with Crippen LogP contribution in [0.2, 0.25) is 0 Å². The number of thiophene rings is 1. The maximum absolute atomic E-state index is 13.0. The molecule has 5 heterocycles. The van der Waals surface area contributed by atoms with Crippen molar-refractivity contribution in [3.63, 3.8) is 0 Å². The summed E-state index contributed by atoms with van der Waals surface area (Å²) in [7, 11) is -3.48. The van der Waals surface area contributed by atoms with Gasteiger partial charge in [0.25, 0.3) is 0 Å². The van der Waals surface area contributed by atoms with E-state index in [0.29, 0.717) is 17.1 Å². The summed E-state index contributed by atoms with van der Waals surface area (Å²) in [6, 6.07) is 5.47. The summed E-state index contributed by atoms with van der Waals surface area (Å²) in [6.07, 6.45) is 5.38. The SMILES string of the molecule is Cc1cc2ncc3c(n2n1)C[C@H]1CC[C@H]3N1C(=O)CCCNS(=O)(=O)c1cccs1. The molecular weight excluding hydrogens is 422 g/mol. The first kappa shape index (κ1) is 19.7. The highest BCUT2D eigenvalue weighted by molar-refractivity contribution is 7.91. The lowest BCUT2D eigenvalue weighted by atomic mass is 9.98. The molecule has 1 N–H and O–H groups in total. The molecule has 2 aliphatic heterocycles. The monoisotopic (exact) mass is 445 g/mol. The number of amides is 1. The fourth-order valence-corrected chi connectivity index (χ4v) is 6.76. The standard InChI is InChI=1S/C20H23N5O3S2/c1-13-10-18-21-12-15-16-7-6-14(11-17(15)25(18)23-13)24(16)19(26)4-2-8-22-30(27,28)20-5-3-9-29-20/h3,5,9-10,12,14,16,22H,2,4,6-8,11H2,1H3/t14-,16-/m1/s1. The highest BCUT2D eigenvalue weighted by Gasteiger charge is 2.43. The number of sulfonamides is 1. The van der Waals surface area contributed by atoms with Crippen LogP contribution in [-0.4, -0.2) is 46.4 Å². The van der Waals surface area contributed by atoms with E-state index in [4.69, 9.17) is 0 Å². The van der Waals surface area contributed by atoms with E-state index < -0.39 is 10.0 Å². The summed E-state index contributed by atoms with van der Waals surface area (Å²) in [6.45, 7) is 2.21. The number of fused-ring (bicyclic) bond motifs is 6. The first-order valence-corrected chi connectivity index (χ1v) is 12.5. The minimum absolute atomic E-state index is 0.0375. The Labute approximate surface area is 179 Å². The van der Waals surface area contributed by atoms with Crippen LogP contribution in [0.1, 0.15) is 48.7 Å². The van der Waals surface area contributed by atoms with Gasteiger partial charge in [0.15, 0.2) is 5.65 Å². The molecule has 0 saturated carbocycles. The second-order valence-corrected chi connectivity index (χ2v) is 10.8. The highest BCUT2D eigenvalue weighted by Crippen LogP contribution is 2.43. The van der Waals surface area contributed by atoms with E-state index in [0.717, 1.165) is 41.9 Å². The predicted molar refractivity (Wildman–Crippen MR) is 113 cm³/mol. The first-order valence-electron chi connectivity index (χ1n) is 10.1. The molecular formula is C20H23N5O3S2. The number of carbonyl (C=O) groups is 1. The fourth-order valence-electron chi connectivity index (χ4n) is 4.64. The summed E-state index contributed by atoms with van der Waals surface area (Å²) in [4.78, 5) is 19.5. The Bertz CT molecular complexity index is 1200. The van der Waals surface area contributed by atoms with E-state index in [1.807, 2.05) is 28.6 Å². The number of carbonyl (C=O) groups excluding carboxylic acids is 1. The van der Waals surface area contributed by atoms with Crippen molar-refractivity contribution in [2.24, 2.45) is 0 Å². The molecule has 3 aromatic heterocycles. The van der Waals surface area contributed by atoms with E-state index in [-0.39, 0.29) is 24.5 Å². The molecule has 0 unspecified atom stereocenters. The van der Waals surface area contributed by atoms with Crippen LogP contribution >= 0.6 is 11.3 Å². The normalized spacial score (nSPS) is 20.6. The van der Waals surface area contributed by atoms with Crippen LogP contribution in [0.5, 0.6) is 0 Å². The van der Waals surface area contributed by atoms with Gasteiger partial charge in [0.2, 0.25) is 15.9 Å². The second kappa shape index (κ2) is 7.44. The van der Waals surface area contributed by atoms with Crippen LogP contribution in [0.3, 0.4) is 0 Å². The smallest absolute Gasteiger partial charge is 0.250 e. The summed E-state index contributed by atoms with van der Waals surface area (Å²) in [5.41, 5.74) is 4.04. The van der Waals surface area contributed by atoms with E-state index in [9.17, 15) is 13.2 Å². The van der Waals surface area contributed by atoms with Gasteiger partial charge >= 0.3 is 0 Å². The van der Waals surface area contributed by atoms with Crippen LogP contribution in [0.4, 0.5) is 0 Å². The van der Waals surface area contributed by atoms with Crippen molar-refractivity contribution in [1.82, 2.24) is 24.2 Å². The Hall–Kier alpha value is -2.30. The second-order valence-electron chi connectivity index (χ2n) is 7.90. The lowest BCUT2D eigenvalue weighted by Gasteiger charge is -2.36. The third kappa shape index (κ3) is 3.32. The van der Waals surface area contributed by atoms with Gasteiger partial charge in [0.1, 0.15) is 4.21 Å². The molecule has 8 nitrogen and oxygen atoms in total. The van der Waals surface area contributed by atoms with Gasteiger partial charge in [-0.05, 0) is 37.6 Å². The van der Waals surface area contributed by atoms with E-state index >= 15 is 0 Å². The molecule has 2 atom stereocenters. The maximum Gasteiger partial charge on any atom is 0.250 e.